The van der Waals surface area contributed by atoms with Gasteiger partial charge in [0.25, 0.3) is 0 Å². The summed E-state index contributed by atoms with van der Waals surface area (Å²) < 4.78 is -0.237. The summed E-state index contributed by atoms with van der Waals surface area (Å²) >= 11 is 0. The molecule has 0 spiro atoms. The number of nitrogens with one attached hydrogen (secondary N) is 1. The van der Waals surface area contributed by atoms with E-state index in [0.29, 0.717) is 6.54 Å². The Bertz CT molecular complexity index is 454. The summed E-state index contributed by atoms with van der Waals surface area (Å²) in [5.41, 5.74) is 2.37. The van der Waals surface area contributed by atoms with Gasteiger partial charge in [-0.1, -0.05) is 18.2 Å². The summed E-state index contributed by atoms with van der Waals surface area (Å²) in [6, 6.07) is 8.18. The molecule has 0 bridgehead atoms. The molecule has 0 unspecified atom stereocenters. The molecule has 2 rings (SSSR count). The third-order valence-corrected chi connectivity index (χ3v) is 2.59. The first kappa shape index (κ1) is 10.2. The molecule has 0 fully saturated rings. The number of hydrogen-bond acceptors (Lipinski definition) is 1. The molecular weight excluding hydrogens is 188 g/mol. The van der Waals surface area contributed by atoms with Crippen LogP contribution >= 0.6 is 0 Å². The van der Waals surface area contributed by atoms with E-state index in [2.05, 4.69) is 17.1 Å². The fraction of sp³-hybridized carbons (Fsp3) is 0.333. The number of fused-ring (bicyclic) bond motifs is 1. The van der Waals surface area contributed by atoms with Crippen LogP contribution < -0.4 is 0 Å². The summed E-state index contributed by atoms with van der Waals surface area (Å²) in [4.78, 5) is 3.22. The van der Waals surface area contributed by atoms with E-state index >= 15 is 0 Å². The maximum absolute atomic E-state index is 11.5. The highest BCUT2D eigenvalue weighted by Gasteiger charge is 2.06. The molecule has 3 heteroatoms. The number of quaternary nitrogens is 1. The molecule has 0 saturated heterocycles. The molecule has 0 aliphatic heterocycles. The summed E-state index contributed by atoms with van der Waals surface area (Å²) in [5.74, 6) is 0. The van der Waals surface area contributed by atoms with Crippen LogP contribution in [-0.2, 0) is 6.42 Å². The third kappa shape index (κ3) is 2.37. The van der Waals surface area contributed by atoms with E-state index in [9.17, 15) is 5.21 Å². The molecule has 2 aromatic rings. The van der Waals surface area contributed by atoms with Crippen LogP contribution in [0, 0.1) is 5.21 Å². The van der Waals surface area contributed by atoms with Crippen LogP contribution in [0.25, 0.3) is 10.9 Å². The zero-order valence-electron chi connectivity index (χ0n) is 9.16. The molecule has 0 saturated carbocycles. The van der Waals surface area contributed by atoms with Gasteiger partial charge in [-0.2, -0.15) is 0 Å². The molecule has 0 aliphatic rings. The van der Waals surface area contributed by atoms with Crippen molar-refractivity contribution in [2.24, 2.45) is 0 Å². The maximum atomic E-state index is 11.5. The number of hydroxylamine groups is 3. The molecule has 0 atom stereocenters. The predicted molar refractivity (Wildman–Crippen MR) is 62.3 cm³/mol. The number of aromatic nitrogens is 1. The van der Waals surface area contributed by atoms with Gasteiger partial charge in [0.05, 0.1) is 20.6 Å². The molecule has 3 nitrogen and oxygen atoms in total. The number of H-pyrrole nitrogens is 1. The van der Waals surface area contributed by atoms with Gasteiger partial charge in [-0.25, -0.2) is 0 Å². The van der Waals surface area contributed by atoms with Crippen LogP contribution in [-0.4, -0.2) is 30.3 Å². The second-order valence-electron chi connectivity index (χ2n) is 4.41. The fourth-order valence-electron chi connectivity index (χ4n) is 1.73. The SMILES string of the molecule is C[N+](C)([O-])CCc1c[nH]c2ccccc12. The van der Waals surface area contributed by atoms with Crippen molar-refractivity contribution in [3.8, 4) is 0 Å². The van der Waals surface area contributed by atoms with E-state index in [1.165, 1.54) is 10.9 Å². The van der Waals surface area contributed by atoms with E-state index in [-0.39, 0.29) is 4.65 Å². The molecule has 15 heavy (non-hydrogen) atoms. The third-order valence-electron chi connectivity index (χ3n) is 2.59. The van der Waals surface area contributed by atoms with Gasteiger partial charge in [-0.3, -0.25) is 0 Å². The van der Waals surface area contributed by atoms with Gasteiger partial charge < -0.3 is 14.8 Å². The minimum atomic E-state index is -0.237. The zero-order valence-corrected chi connectivity index (χ0v) is 9.16. The number of hydrogen-bond donors (Lipinski definition) is 1. The van der Waals surface area contributed by atoms with E-state index in [4.69, 9.17) is 0 Å². The lowest BCUT2D eigenvalue weighted by molar-refractivity contribution is -0.839. The molecule has 0 amide bonds. The highest BCUT2D eigenvalue weighted by atomic mass is 16.5. The van der Waals surface area contributed by atoms with Gasteiger partial charge in [0, 0.05) is 23.5 Å². The number of likely N-dealkylation sites (N-methyl/N-ethyl adjacent to an activating group) is 1. The van der Waals surface area contributed by atoms with Gasteiger partial charge in [-0.15, -0.1) is 0 Å². The van der Waals surface area contributed by atoms with Crippen molar-refractivity contribution >= 4 is 10.9 Å². The lowest BCUT2D eigenvalue weighted by Gasteiger charge is -2.33. The van der Waals surface area contributed by atoms with Crippen LogP contribution in [0.15, 0.2) is 30.5 Å². The molecule has 1 aromatic heterocycles. The van der Waals surface area contributed by atoms with Crippen molar-refractivity contribution in [3.63, 3.8) is 0 Å². The molecule has 1 aromatic carbocycles. The number of nitrogens with zero attached hydrogens (tertiary/aromatic N) is 1. The summed E-state index contributed by atoms with van der Waals surface area (Å²) in [6.45, 7) is 0.613. The fourth-order valence-corrected chi connectivity index (χ4v) is 1.73. The van der Waals surface area contributed by atoms with E-state index < -0.39 is 0 Å². The first-order valence-corrected chi connectivity index (χ1v) is 5.15. The van der Waals surface area contributed by atoms with Gasteiger partial charge >= 0.3 is 0 Å². The topological polar surface area (TPSA) is 38.8 Å². The minimum Gasteiger partial charge on any atom is -0.633 e. The first-order valence-electron chi connectivity index (χ1n) is 5.15. The van der Waals surface area contributed by atoms with Gasteiger partial charge in [0.15, 0.2) is 0 Å². The molecule has 1 N–H and O–H groups in total. The van der Waals surface area contributed by atoms with E-state index in [1.54, 1.807) is 14.1 Å². The average molecular weight is 204 g/mol. The molecular formula is C12H16N2O. The molecule has 80 valence electrons. The Morgan fingerprint density at radius 3 is 2.73 bits per heavy atom. The second kappa shape index (κ2) is 3.68. The van der Waals surface area contributed by atoms with Crippen LogP contribution in [0.1, 0.15) is 5.56 Å². The van der Waals surface area contributed by atoms with Gasteiger partial charge in [0.1, 0.15) is 0 Å². The highest BCUT2D eigenvalue weighted by Crippen LogP contribution is 2.18. The lowest BCUT2D eigenvalue weighted by Crippen LogP contribution is -2.34. The molecule has 0 aliphatic carbocycles. The molecule has 1 heterocycles. The molecule has 0 radical (unpaired) electrons. The maximum Gasteiger partial charge on any atom is 0.0821 e. The first-order chi connectivity index (χ1) is 7.06. The summed E-state index contributed by atoms with van der Waals surface area (Å²) in [5, 5.41) is 12.7. The Kier molecular flexibility index (Phi) is 2.50. The average Bonchev–Trinajstić information content (AvgIpc) is 2.57. The Morgan fingerprint density at radius 2 is 2.00 bits per heavy atom. The predicted octanol–water partition coefficient (Wildman–Crippen LogP) is 2.28. The Balaban J connectivity index is 2.22. The monoisotopic (exact) mass is 204 g/mol. The normalized spacial score (nSPS) is 12.2. The van der Waals surface area contributed by atoms with Gasteiger partial charge in [0.2, 0.25) is 0 Å². The standard InChI is InChI=1S/C12H16N2O/c1-14(2,15)8-7-10-9-13-12-6-4-3-5-11(10)12/h3-6,9,13H,7-8H2,1-2H3. The van der Waals surface area contributed by atoms with E-state index in [0.717, 1.165) is 11.9 Å². The number of para-hydroxylation sites is 1. The lowest BCUT2D eigenvalue weighted by atomic mass is 10.1. The Morgan fingerprint density at radius 1 is 1.27 bits per heavy atom. The quantitative estimate of drug-likeness (QED) is 0.604. The van der Waals surface area contributed by atoms with E-state index in [1.807, 2.05) is 18.3 Å². The van der Waals surface area contributed by atoms with Crippen molar-refractivity contribution in [1.29, 1.82) is 0 Å². The Labute approximate surface area is 89.5 Å². The smallest absolute Gasteiger partial charge is 0.0821 e. The van der Waals surface area contributed by atoms with Crippen molar-refractivity contribution < 1.29 is 4.65 Å². The van der Waals surface area contributed by atoms with Crippen molar-refractivity contribution in [2.45, 2.75) is 6.42 Å². The van der Waals surface area contributed by atoms with Crippen LogP contribution in [0.3, 0.4) is 0 Å². The second-order valence-corrected chi connectivity index (χ2v) is 4.41. The summed E-state index contributed by atoms with van der Waals surface area (Å²) in [6.07, 6.45) is 2.82. The van der Waals surface area contributed by atoms with Crippen LogP contribution in [0.5, 0.6) is 0 Å². The zero-order chi connectivity index (χ0) is 10.9. The number of benzene rings is 1. The number of aromatic amines is 1. The van der Waals surface area contributed by atoms with Crippen molar-refractivity contribution in [1.82, 2.24) is 4.98 Å². The minimum absolute atomic E-state index is 0.237. The van der Waals surface area contributed by atoms with Gasteiger partial charge in [-0.05, 0) is 11.6 Å². The largest absolute Gasteiger partial charge is 0.633 e. The van der Waals surface area contributed by atoms with Crippen molar-refractivity contribution in [2.75, 3.05) is 20.6 Å². The summed E-state index contributed by atoms with van der Waals surface area (Å²) in [7, 11) is 3.35. The van der Waals surface area contributed by atoms with Crippen LogP contribution in [0.4, 0.5) is 0 Å². The highest BCUT2D eigenvalue weighted by molar-refractivity contribution is 5.82. The Hall–Kier alpha value is -1.32. The van der Waals surface area contributed by atoms with Crippen LogP contribution in [0.2, 0.25) is 0 Å². The van der Waals surface area contributed by atoms with Crippen molar-refractivity contribution in [3.05, 3.63) is 41.2 Å². The number of rotatable bonds is 3.